The molecule has 150 valence electrons. The molecule has 0 aliphatic heterocycles. The van der Waals surface area contributed by atoms with Gasteiger partial charge in [-0.05, 0) is 24.1 Å². The van der Waals surface area contributed by atoms with Crippen molar-refractivity contribution in [1.82, 2.24) is 5.32 Å². The number of rotatable bonds is 10. The average Bonchev–Trinajstić information content (AvgIpc) is 2.58. The first-order valence-electron chi connectivity index (χ1n) is 8.86. The van der Waals surface area contributed by atoms with E-state index in [0.717, 1.165) is 18.4 Å². The van der Waals surface area contributed by atoms with E-state index >= 15 is 0 Å². The number of hydrogen-bond acceptors (Lipinski definition) is 6. The van der Waals surface area contributed by atoms with Gasteiger partial charge in [-0.15, -0.1) is 0 Å². The molecular formula is C19H27NO7. The van der Waals surface area contributed by atoms with Gasteiger partial charge in [0.15, 0.2) is 0 Å². The molecule has 27 heavy (non-hydrogen) atoms. The zero-order chi connectivity index (χ0) is 20.4. The molecule has 0 bridgehead atoms. The summed E-state index contributed by atoms with van der Waals surface area (Å²) in [5.41, 5.74) is 1.03. The van der Waals surface area contributed by atoms with Crippen LogP contribution in [-0.4, -0.2) is 42.1 Å². The lowest BCUT2D eigenvalue weighted by atomic mass is 10.1. The summed E-state index contributed by atoms with van der Waals surface area (Å²) in [5.74, 6) is -1.68. The molecule has 0 radical (unpaired) electrons. The number of nitrogens with one attached hydrogen (secondary N) is 1. The fraction of sp³-hybridized carbons (Fsp3) is 0.526. The van der Waals surface area contributed by atoms with Crippen LogP contribution >= 0.6 is 0 Å². The Bertz CT molecular complexity index is 645. The second kappa shape index (κ2) is 11.1. The number of carbonyl (C=O) groups is 3. The molecule has 0 saturated heterocycles. The van der Waals surface area contributed by atoms with Crippen molar-refractivity contribution < 1.29 is 33.7 Å². The number of amides is 1. The normalized spacial score (nSPS) is 12.8. The molecule has 2 atom stereocenters. The van der Waals surface area contributed by atoms with E-state index in [2.05, 4.69) is 5.32 Å². The lowest BCUT2D eigenvalue weighted by molar-refractivity contribution is -0.168. The number of alkyl carbamates (subject to hydrolysis) is 1. The van der Waals surface area contributed by atoms with Gasteiger partial charge < -0.3 is 24.6 Å². The Hall–Kier alpha value is -2.77. The maximum absolute atomic E-state index is 11.8. The third-order valence-electron chi connectivity index (χ3n) is 3.45. The predicted octanol–water partition coefficient (Wildman–Crippen LogP) is 2.74. The monoisotopic (exact) mass is 381 g/mol. The highest BCUT2D eigenvalue weighted by Crippen LogP contribution is 2.16. The molecule has 0 aliphatic carbocycles. The van der Waals surface area contributed by atoms with Crippen molar-refractivity contribution in [2.24, 2.45) is 5.92 Å². The molecule has 0 unspecified atom stereocenters. The van der Waals surface area contributed by atoms with Crippen molar-refractivity contribution >= 4 is 18.0 Å². The van der Waals surface area contributed by atoms with Gasteiger partial charge in [-0.1, -0.05) is 39.3 Å². The van der Waals surface area contributed by atoms with E-state index in [1.54, 1.807) is 32.0 Å². The number of carboxylic acids is 1. The van der Waals surface area contributed by atoms with E-state index in [4.69, 9.17) is 14.2 Å². The van der Waals surface area contributed by atoms with Gasteiger partial charge in [-0.25, -0.2) is 9.59 Å². The second-order valence-corrected chi connectivity index (χ2v) is 6.29. The van der Waals surface area contributed by atoms with Gasteiger partial charge in [0.1, 0.15) is 5.75 Å². The Kier molecular flexibility index (Phi) is 9.12. The van der Waals surface area contributed by atoms with E-state index in [0.29, 0.717) is 5.75 Å². The van der Waals surface area contributed by atoms with E-state index in [1.165, 1.54) is 6.92 Å². The standard InChI is InChI=1S/C19H27NO7/c1-5-7-14-8-6-9-15(10-14)27-16(17(21)22)11-20-19(24)26-13(4)25-18(23)12(2)3/h6,8-10,12-13,16H,5,7,11H2,1-4H3,(H,20,24)(H,21,22)/t13-,16+/m1/s1. The number of hydrogen-bond donors (Lipinski definition) is 2. The molecule has 1 aromatic carbocycles. The Labute approximate surface area is 158 Å². The van der Waals surface area contributed by atoms with E-state index < -0.39 is 30.4 Å². The van der Waals surface area contributed by atoms with Crippen LogP contribution < -0.4 is 10.1 Å². The first kappa shape index (κ1) is 22.3. The maximum atomic E-state index is 11.8. The van der Waals surface area contributed by atoms with Crippen LogP contribution in [0.1, 0.15) is 39.7 Å². The third-order valence-corrected chi connectivity index (χ3v) is 3.45. The molecule has 1 rings (SSSR count). The molecule has 0 aliphatic rings. The van der Waals surface area contributed by atoms with Crippen LogP contribution in [0.2, 0.25) is 0 Å². The molecular weight excluding hydrogens is 354 g/mol. The van der Waals surface area contributed by atoms with Gasteiger partial charge in [0, 0.05) is 6.92 Å². The average molecular weight is 381 g/mol. The summed E-state index contributed by atoms with van der Waals surface area (Å²) in [6.45, 7) is 6.43. The molecule has 8 nitrogen and oxygen atoms in total. The highest BCUT2D eigenvalue weighted by atomic mass is 16.7. The third kappa shape index (κ3) is 8.44. The molecule has 8 heteroatoms. The van der Waals surface area contributed by atoms with Gasteiger partial charge in [0.25, 0.3) is 0 Å². The van der Waals surface area contributed by atoms with Gasteiger partial charge in [-0.2, -0.15) is 0 Å². The molecule has 2 N–H and O–H groups in total. The lowest BCUT2D eigenvalue weighted by Gasteiger charge is -2.18. The van der Waals surface area contributed by atoms with Crippen LogP contribution in [0.15, 0.2) is 24.3 Å². The fourth-order valence-electron chi connectivity index (χ4n) is 2.10. The number of esters is 1. The first-order valence-corrected chi connectivity index (χ1v) is 8.86. The molecule has 0 heterocycles. The Morgan fingerprint density at radius 2 is 1.85 bits per heavy atom. The zero-order valence-corrected chi connectivity index (χ0v) is 16.1. The summed E-state index contributed by atoms with van der Waals surface area (Å²) < 4.78 is 15.2. The largest absolute Gasteiger partial charge is 0.478 e. The number of carboxylic acid groups (broad SMARTS) is 1. The van der Waals surface area contributed by atoms with Gasteiger partial charge in [-0.3, -0.25) is 4.79 Å². The van der Waals surface area contributed by atoms with E-state index in [-0.39, 0.29) is 12.5 Å². The van der Waals surface area contributed by atoms with Crippen LogP contribution in [0.4, 0.5) is 4.79 Å². The molecule has 0 fully saturated rings. The van der Waals surface area contributed by atoms with Crippen molar-refractivity contribution in [1.29, 1.82) is 0 Å². The summed E-state index contributed by atoms with van der Waals surface area (Å²) in [6.07, 6.45) is -1.47. The van der Waals surface area contributed by atoms with Gasteiger partial charge in [0.2, 0.25) is 12.4 Å². The predicted molar refractivity (Wildman–Crippen MR) is 97.4 cm³/mol. The Morgan fingerprint density at radius 3 is 2.44 bits per heavy atom. The van der Waals surface area contributed by atoms with Gasteiger partial charge >= 0.3 is 18.0 Å². The number of carbonyl (C=O) groups excluding carboxylic acids is 2. The number of ether oxygens (including phenoxy) is 3. The number of aryl methyl sites for hydroxylation is 1. The minimum absolute atomic E-state index is 0.309. The van der Waals surface area contributed by atoms with Gasteiger partial charge in [0.05, 0.1) is 12.5 Å². The molecule has 1 aromatic rings. The van der Waals surface area contributed by atoms with Crippen molar-refractivity contribution in [2.45, 2.75) is 52.9 Å². The van der Waals surface area contributed by atoms with Crippen molar-refractivity contribution in [2.75, 3.05) is 6.54 Å². The topological polar surface area (TPSA) is 111 Å². The maximum Gasteiger partial charge on any atom is 0.410 e. The van der Waals surface area contributed by atoms with Crippen LogP contribution in [0, 0.1) is 5.92 Å². The quantitative estimate of drug-likeness (QED) is 0.473. The summed E-state index contributed by atoms with van der Waals surface area (Å²) in [7, 11) is 0. The van der Waals surface area contributed by atoms with Crippen LogP contribution in [0.3, 0.4) is 0 Å². The number of benzene rings is 1. The minimum atomic E-state index is -1.29. The van der Waals surface area contributed by atoms with Crippen LogP contribution in [0.5, 0.6) is 5.75 Å². The van der Waals surface area contributed by atoms with Crippen molar-refractivity contribution in [3.63, 3.8) is 0 Å². The van der Waals surface area contributed by atoms with Crippen LogP contribution in [-0.2, 0) is 25.5 Å². The summed E-state index contributed by atoms with van der Waals surface area (Å²) in [5, 5.41) is 11.6. The van der Waals surface area contributed by atoms with Crippen molar-refractivity contribution in [3.05, 3.63) is 29.8 Å². The molecule has 0 aromatic heterocycles. The van der Waals surface area contributed by atoms with E-state index in [9.17, 15) is 19.5 Å². The number of aliphatic carboxylic acids is 1. The Morgan fingerprint density at radius 1 is 1.15 bits per heavy atom. The molecule has 0 spiro atoms. The van der Waals surface area contributed by atoms with Crippen LogP contribution in [0.25, 0.3) is 0 Å². The first-order chi connectivity index (χ1) is 12.7. The minimum Gasteiger partial charge on any atom is -0.478 e. The Balaban J connectivity index is 2.55. The summed E-state index contributed by atoms with van der Waals surface area (Å²) >= 11 is 0. The molecule has 0 saturated carbocycles. The SMILES string of the molecule is CCCc1cccc(O[C@@H](CNC(=O)O[C@H](C)OC(=O)C(C)C)C(=O)O)c1. The molecule has 1 amide bonds. The summed E-state index contributed by atoms with van der Waals surface area (Å²) in [4.78, 5) is 34.6. The highest BCUT2D eigenvalue weighted by Gasteiger charge is 2.22. The van der Waals surface area contributed by atoms with Crippen molar-refractivity contribution in [3.8, 4) is 5.75 Å². The smallest absolute Gasteiger partial charge is 0.410 e. The second-order valence-electron chi connectivity index (χ2n) is 6.29. The summed E-state index contributed by atoms with van der Waals surface area (Å²) in [6, 6.07) is 7.14. The lowest BCUT2D eigenvalue weighted by Crippen LogP contribution is -2.41. The van der Waals surface area contributed by atoms with E-state index in [1.807, 2.05) is 13.0 Å². The zero-order valence-electron chi connectivity index (χ0n) is 16.1. The fourth-order valence-corrected chi connectivity index (χ4v) is 2.10. The highest BCUT2D eigenvalue weighted by molar-refractivity contribution is 5.75.